The van der Waals surface area contributed by atoms with Gasteiger partial charge in [-0.3, -0.25) is 0 Å². The van der Waals surface area contributed by atoms with Crippen LogP contribution in [-0.4, -0.2) is 36.1 Å². The number of likely N-dealkylation sites (N-methyl/N-ethyl adjacent to an activating group) is 1. The molecule has 94 valence electrons. The van der Waals surface area contributed by atoms with Crippen molar-refractivity contribution < 1.29 is 0 Å². The van der Waals surface area contributed by atoms with Gasteiger partial charge in [-0.25, -0.2) is 4.98 Å². The first-order chi connectivity index (χ1) is 8.16. The van der Waals surface area contributed by atoms with Gasteiger partial charge in [-0.15, -0.1) is 0 Å². The minimum absolute atomic E-state index is 0.626. The van der Waals surface area contributed by atoms with Crippen LogP contribution in [0.4, 0.5) is 5.82 Å². The lowest BCUT2D eigenvalue weighted by Crippen LogP contribution is -2.40. The van der Waals surface area contributed by atoms with Crippen molar-refractivity contribution in [1.82, 2.24) is 9.88 Å². The third kappa shape index (κ3) is 3.66. The molecule has 0 amide bonds. The lowest BCUT2D eigenvalue weighted by atomic mass is 10.0. The van der Waals surface area contributed by atoms with E-state index in [-0.39, 0.29) is 0 Å². The van der Waals surface area contributed by atoms with Gasteiger partial charge in [0.1, 0.15) is 5.82 Å². The van der Waals surface area contributed by atoms with Crippen LogP contribution in [0.25, 0.3) is 0 Å². The minimum Gasteiger partial charge on any atom is -0.368 e. The molecular formula is C12H17Br2N3. The second-order valence-corrected chi connectivity index (χ2v) is 6.27. The second-order valence-electron chi connectivity index (χ2n) is 4.50. The van der Waals surface area contributed by atoms with Crippen molar-refractivity contribution in [2.24, 2.45) is 0 Å². The summed E-state index contributed by atoms with van der Waals surface area (Å²) in [6.45, 7) is 2.17. The van der Waals surface area contributed by atoms with Gasteiger partial charge in [-0.1, -0.05) is 6.42 Å². The summed E-state index contributed by atoms with van der Waals surface area (Å²) in [5.74, 6) is 0.923. The average molecular weight is 363 g/mol. The Morgan fingerprint density at radius 3 is 3.00 bits per heavy atom. The second kappa shape index (κ2) is 6.16. The zero-order valence-corrected chi connectivity index (χ0v) is 13.1. The molecule has 1 fully saturated rings. The van der Waals surface area contributed by atoms with E-state index in [1.54, 1.807) is 0 Å². The van der Waals surface area contributed by atoms with Gasteiger partial charge in [-0.05, 0) is 64.4 Å². The predicted octanol–water partition coefficient (Wildman–Crippen LogP) is 3.50. The van der Waals surface area contributed by atoms with E-state index in [9.17, 15) is 0 Å². The predicted molar refractivity (Wildman–Crippen MR) is 78.4 cm³/mol. The summed E-state index contributed by atoms with van der Waals surface area (Å²) in [6.07, 6.45) is 5.76. The number of piperidine rings is 1. The molecule has 0 radical (unpaired) electrons. The average Bonchev–Trinajstić information content (AvgIpc) is 2.30. The molecule has 0 saturated carbocycles. The molecule has 2 rings (SSSR count). The monoisotopic (exact) mass is 361 g/mol. The highest BCUT2D eigenvalue weighted by Gasteiger charge is 2.18. The van der Waals surface area contributed by atoms with Crippen molar-refractivity contribution in [2.75, 3.05) is 25.5 Å². The van der Waals surface area contributed by atoms with Gasteiger partial charge in [0.15, 0.2) is 0 Å². The SMILES string of the molecule is CN1CCCCC1CNc1ncc(Br)cc1Br. The number of pyridine rings is 1. The number of likely N-dealkylation sites (tertiary alicyclic amines) is 1. The van der Waals surface area contributed by atoms with Crippen molar-refractivity contribution in [2.45, 2.75) is 25.3 Å². The Morgan fingerprint density at radius 2 is 2.29 bits per heavy atom. The Balaban J connectivity index is 1.92. The Morgan fingerprint density at radius 1 is 1.47 bits per heavy atom. The molecule has 1 aromatic rings. The van der Waals surface area contributed by atoms with Crippen LogP contribution in [0.1, 0.15) is 19.3 Å². The normalized spacial score (nSPS) is 21.5. The quantitative estimate of drug-likeness (QED) is 0.891. The molecule has 1 aliphatic rings. The van der Waals surface area contributed by atoms with Crippen molar-refractivity contribution in [3.8, 4) is 0 Å². The standard InChI is InChI=1S/C12H17Br2N3/c1-17-5-3-2-4-10(17)8-16-12-11(14)6-9(13)7-15-12/h6-7,10H,2-5,8H2,1H3,(H,15,16). The number of hydrogen-bond donors (Lipinski definition) is 1. The maximum absolute atomic E-state index is 4.36. The largest absolute Gasteiger partial charge is 0.368 e. The summed E-state index contributed by atoms with van der Waals surface area (Å²) in [5, 5.41) is 3.42. The molecule has 0 bridgehead atoms. The third-order valence-electron chi connectivity index (χ3n) is 3.23. The molecule has 1 atom stereocenters. The van der Waals surface area contributed by atoms with Crippen LogP contribution in [0.3, 0.4) is 0 Å². The Kier molecular flexibility index (Phi) is 4.82. The molecular weight excluding hydrogens is 346 g/mol. The summed E-state index contributed by atoms with van der Waals surface area (Å²) in [4.78, 5) is 6.80. The van der Waals surface area contributed by atoms with Crippen LogP contribution in [0, 0.1) is 0 Å². The Labute approximate surface area is 119 Å². The van der Waals surface area contributed by atoms with Crippen LogP contribution in [0.2, 0.25) is 0 Å². The Hall–Kier alpha value is -0.130. The van der Waals surface area contributed by atoms with E-state index in [4.69, 9.17) is 0 Å². The van der Waals surface area contributed by atoms with E-state index in [1.807, 2.05) is 12.3 Å². The zero-order valence-electron chi connectivity index (χ0n) is 9.92. The number of rotatable bonds is 3. The molecule has 17 heavy (non-hydrogen) atoms. The lowest BCUT2D eigenvalue weighted by Gasteiger charge is -2.32. The van der Waals surface area contributed by atoms with Crippen LogP contribution < -0.4 is 5.32 Å². The molecule has 0 aliphatic carbocycles. The summed E-state index contributed by atoms with van der Waals surface area (Å²) < 4.78 is 2.00. The number of nitrogens with one attached hydrogen (secondary N) is 1. The lowest BCUT2D eigenvalue weighted by molar-refractivity contribution is 0.194. The fraction of sp³-hybridized carbons (Fsp3) is 0.583. The summed E-state index contributed by atoms with van der Waals surface area (Å²) >= 11 is 6.92. The number of anilines is 1. The fourth-order valence-corrected chi connectivity index (χ4v) is 3.29. The van der Waals surface area contributed by atoms with Gasteiger partial charge >= 0.3 is 0 Å². The molecule has 3 nitrogen and oxygen atoms in total. The van der Waals surface area contributed by atoms with Crippen LogP contribution in [0.15, 0.2) is 21.2 Å². The van der Waals surface area contributed by atoms with Crippen LogP contribution >= 0.6 is 31.9 Å². The van der Waals surface area contributed by atoms with Gasteiger partial charge in [-0.2, -0.15) is 0 Å². The number of nitrogens with zero attached hydrogens (tertiary/aromatic N) is 2. The molecule has 1 N–H and O–H groups in total. The minimum atomic E-state index is 0.626. The zero-order chi connectivity index (χ0) is 12.3. The van der Waals surface area contributed by atoms with E-state index in [0.717, 1.165) is 21.3 Å². The Bertz CT molecular complexity index is 384. The summed E-state index contributed by atoms with van der Waals surface area (Å²) in [5.41, 5.74) is 0. The van der Waals surface area contributed by atoms with E-state index in [2.05, 4.69) is 54.1 Å². The summed E-state index contributed by atoms with van der Waals surface area (Å²) in [6, 6.07) is 2.64. The maximum Gasteiger partial charge on any atom is 0.140 e. The number of halogens is 2. The smallest absolute Gasteiger partial charge is 0.140 e. The molecule has 0 aromatic carbocycles. The molecule has 1 saturated heterocycles. The van der Waals surface area contributed by atoms with Crippen molar-refractivity contribution >= 4 is 37.7 Å². The highest BCUT2D eigenvalue weighted by molar-refractivity contribution is 9.11. The first kappa shape index (κ1) is 13.3. The number of hydrogen-bond acceptors (Lipinski definition) is 3. The first-order valence-electron chi connectivity index (χ1n) is 5.92. The van der Waals surface area contributed by atoms with Gasteiger partial charge in [0.05, 0.1) is 4.47 Å². The van der Waals surface area contributed by atoms with Gasteiger partial charge in [0.25, 0.3) is 0 Å². The maximum atomic E-state index is 4.36. The molecule has 1 unspecified atom stereocenters. The molecule has 1 aromatic heterocycles. The van der Waals surface area contributed by atoms with Crippen LogP contribution in [-0.2, 0) is 0 Å². The van der Waals surface area contributed by atoms with Crippen molar-refractivity contribution in [1.29, 1.82) is 0 Å². The van der Waals surface area contributed by atoms with E-state index in [0.29, 0.717) is 6.04 Å². The van der Waals surface area contributed by atoms with E-state index in [1.165, 1.54) is 25.8 Å². The topological polar surface area (TPSA) is 28.2 Å². The van der Waals surface area contributed by atoms with Gasteiger partial charge < -0.3 is 10.2 Å². The van der Waals surface area contributed by atoms with Crippen molar-refractivity contribution in [3.63, 3.8) is 0 Å². The third-order valence-corrected chi connectivity index (χ3v) is 4.27. The van der Waals surface area contributed by atoms with Crippen molar-refractivity contribution in [3.05, 3.63) is 21.2 Å². The molecule has 2 heterocycles. The van der Waals surface area contributed by atoms with Gasteiger partial charge in [0.2, 0.25) is 0 Å². The van der Waals surface area contributed by atoms with E-state index < -0.39 is 0 Å². The molecule has 0 spiro atoms. The fourth-order valence-electron chi connectivity index (χ4n) is 2.16. The first-order valence-corrected chi connectivity index (χ1v) is 7.50. The highest BCUT2D eigenvalue weighted by atomic mass is 79.9. The van der Waals surface area contributed by atoms with E-state index >= 15 is 0 Å². The number of aromatic nitrogens is 1. The van der Waals surface area contributed by atoms with Crippen LogP contribution in [0.5, 0.6) is 0 Å². The highest BCUT2D eigenvalue weighted by Crippen LogP contribution is 2.24. The molecule has 1 aliphatic heterocycles. The van der Waals surface area contributed by atoms with Gasteiger partial charge in [0, 0.05) is 23.3 Å². The molecule has 5 heteroatoms. The summed E-state index contributed by atoms with van der Waals surface area (Å²) in [7, 11) is 2.20.